The maximum atomic E-state index is 5.10. The first kappa shape index (κ1) is 13.0. The maximum Gasteiger partial charge on any atom is 0.137 e. The van der Waals surface area contributed by atoms with Crippen LogP contribution in [0.2, 0.25) is 0 Å². The van der Waals surface area contributed by atoms with Gasteiger partial charge in [-0.25, -0.2) is 0 Å². The first-order valence-electron chi connectivity index (χ1n) is 6.27. The highest BCUT2D eigenvalue weighted by atomic mass is 16.5. The van der Waals surface area contributed by atoms with Crippen molar-refractivity contribution < 1.29 is 4.74 Å². The van der Waals surface area contributed by atoms with E-state index in [1.165, 1.54) is 37.8 Å². The van der Waals surface area contributed by atoms with Crippen molar-refractivity contribution in [2.75, 3.05) is 7.11 Å². The maximum absolute atomic E-state index is 5.10. The van der Waals surface area contributed by atoms with Gasteiger partial charge in [-0.2, -0.15) is 0 Å². The highest BCUT2D eigenvalue weighted by Gasteiger charge is 2.06. The monoisotopic (exact) mass is 221 g/mol. The van der Waals surface area contributed by atoms with Gasteiger partial charge in [0.15, 0.2) is 0 Å². The van der Waals surface area contributed by atoms with Crippen LogP contribution in [0.25, 0.3) is 0 Å². The van der Waals surface area contributed by atoms with Gasteiger partial charge < -0.3 is 4.74 Å². The molecule has 1 aromatic rings. The van der Waals surface area contributed by atoms with E-state index in [0.29, 0.717) is 5.92 Å². The average Bonchev–Trinajstić information content (AvgIpc) is 2.34. The zero-order chi connectivity index (χ0) is 11.8. The van der Waals surface area contributed by atoms with Gasteiger partial charge >= 0.3 is 0 Å². The molecule has 1 atom stereocenters. The van der Waals surface area contributed by atoms with Gasteiger partial charge in [0.2, 0.25) is 0 Å². The van der Waals surface area contributed by atoms with E-state index in [2.05, 4.69) is 24.9 Å². The molecule has 0 radical (unpaired) electrons. The predicted molar refractivity (Wildman–Crippen MR) is 68.0 cm³/mol. The summed E-state index contributed by atoms with van der Waals surface area (Å²) in [5.74, 6) is 1.39. The molecule has 0 saturated heterocycles. The third kappa shape index (κ3) is 4.21. The fourth-order valence-electron chi connectivity index (χ4n) is 1.83. The molecule has 2 heteroatoms. The van der Waals surface area contributed by atoms with Crippen molar-refractivity contribution in [3.8, 4) is 5.75 Å². The number of hydrogen-bond acceptors (Lipinski definition) is 2. The van der Waals surface area contributed by atoms with E-state index < -0.39 is 0 Å². The quantitative estimate of drug-likeness (QED) is 0.645. The highest BCUT2D eigenvalue weighted by Crippen LogP contribution is 2.21. The Morgan fingerprint density at radius 2 is 2.06 bits per heavy atom. The summed E-state index contributed by atoms with van der Waals surface area (Å²) in [6.07, 6.45) is 8.34. The third-order valence-electron chi connectivity index (χ3n) is 2.99. The summed E-state index contributed by atoms with van der Waals surface area (Å²) in [6.45, 7) is 4.50. The molecular weight excluding hydrogens is 198 g/mol. The highest BCUT2D eigenvalue weighted by molar-refractivity contribution is 5.21. The van der Waals surface area contributed by atoms with Crippen LogP contribution in [-0.2, 0) is 0 Å². The second-order valence-electron chi connectivity index (χ2n) is 4.37. The molecule has 0 aliphatic heterocycles. The molecule has 0 saturated carbocycles. The van der Waals surface area contributed by atoms with E-state index in [9.17, 15) is 0 Å². The van der Waals surface area contributed by atoms with E-state index >= 15 is 0 Å². The number of nitrogens with zero attached hydrogens (tertiary/aromatic N) is 1. The number of hydrogen-bond donors (Lipinski definition) is 0. The van der Waals surface area contributed by atoms with E-state index in [4.69, 9.17) is 4.74 Å². The van der Waals surface area contributed by atoms with Crippen molar-refractivity contribution in [2.24, 2.45) is 0 Å². The Kier molecular flexibility index (Phi) is 5.91. The van der Waals surface area contributed by atoms with Crippen LogP contribution in [0.1, 0.15) is 57.6 Å². The molecule has 2 nitrogen and oxygen atoms in total. The van der Waals surface area contributed by atoms with Gasteiger partial charge in [-0.3, -0.25) is 4.98 Å². The fraction of sp³-hybridized carbons (Fsp3) is 0.643. The lowest BCUT2D eigenvalue weighted by atomic mass is 9.99. The van der Waals surface area contributed by atoms with Gasteiger partial charge in [-0.15, -0.1) is 0 Å². The average molecular weight is 221 g/mol. The lowest BCUT2D eigenvalue weighted by Crippen LogP contribution is -1.97. The van der Waals surface area contributed by atoms with Crippen molar-refractivity contribution in [1.82, 2.24) is 4.98 Å². The van der Waals surface area contributed by atoms with E-state index in [1.54, 1.807) is 13.3 Å². The third-order valence-corrected chi connectivity index (χ3v) is 2.99. The Bertz CT molecular complexity index is 281. The molecule has 1 unspecified atom stereocenters. The molecule has 0 spiro atoms. The van der Waals surface area contributed by atoms with Gasteiger partial charge in [0.1, 0.15) is 5.75 Å². The van der Waals surface area contributed by atoms with Crippen molar-refractivity contribution in [2.45, 2.75) is 51.9 Å². The summed E-state index contributed by atoms with van der Waals surface area (Å²) in [5.41, 5.74) is 1.18. The second-order valence-corrected chi connectivity index (χ2v) is 4.37. The number of ether oxygens (including phenoxy) is 1. The first-order valence-corrected chi connectivity index (χ1v) is 6.27. The molecule has 1 heterocycles. The molecule has 0 aromatic carbocycles. The lowest BCUT2D eigenvalue weighted by Gasteiger charge is -2.10. The number of unbranched alkanes of at least 4 members (excludes halogenated alkanes) is 3. The number of rotatable bonds is 7. The van der Waals surface area contributed by atoms with Crippen LogP contribution in [-0.4, -0.2) is 12.1 Å². The molecule has 90 valence electrons. The van der Waals surface area contributed by atoms with Crippen LogP contribution in [0.15, 0.2) is 18.3 Å². The van der Waals surface area contributed by atoms with Crippen molar-refractivity contribution >= 4 is 0 Å². The zero-order valence-electron chi connectivity index (χ0n) is 10.7. The molecule has 1 aromatic heterocycles. The lowest BCUT2D eigenvalue weighted by molar-refractivity contribution is 0.412. The van der Waals surface area contributed by atoms with Crippen LogP contribution < -0.4 is 4.74 Å². The van der Waals surface area contributed by atoms with Crippen LogP contribution in [0.3, 0.4) is 0 Å². The van der Waals surface area contributed by atoms with Crippen LogP contribution in [0.4, 0.5) is 0 Å². The van der Waals surface area contributed by atoms with Crippen LogP contribution >= 0.6 is 0 Å². The largest absolute Gasteiger partial charge is 0.495 e. The Morgan fingerprint density at radius 3 is 2.62 bits per heavy atom. The summed E-state index contributed by atoms with van der Waals surface area (Å²) in [7, 11) is 1.67. The van der Waals surface area contributed by atoms with Gasteiger partial charge in [-0.1, -0.05) is 39.5 Å². The molecule has 0 aliphatic carbocycles. The van der Waals surface area contributed by atoms with Crippen molar-refractivity contribution in [3.63, 3.8) is 0 Å². The van der Waals surface area contributed by atoms with Gasteiger partial charge in [0, 0.05) is 5.69 Å². The Hall–Kier alpha value is -1.05. The van der Waals surface area contributed by atoms with Crippen molar-refractivity contribution in [3.05, 3.63) is 24.0 Å². The molecule has 0 aliphatic rings. The minimum absolute atomic E-state index is 0.558. The van der Waals surface area contributed by atoms with Crippen LogP contribution in [0, 0.1) is 0 Å². The SMILES string of the molecule is CCCCCCC(C)c1ccc(OC)cn1. The minimum atomic E-state index is 0.558. The van der Waals surface area contributed by atoms with Gasteiger partial charge in [0.25, 0.3) is 0 Å². The van der Waals surface area contributed by atoms with Gasteiger partial charge in [-0.05, 0) is 24.5 Å². The molecule has 0 N–H and O–H groups in total. The molecule has 16 heavy (non-hydrogen) atoms. The summed E-state index contributed by atoms with van der Waals surface area (Å²) in [6, 6.07) is 4.06. The number of aromatic nitrogens is 1. The Morgan fingerprint density at radius 1 is 1.25 bits per heavy atom. The first-order chi connectivity index (χ1) is 7.77. The summed E-state index contributed by atoms with van der Waals surface area (Å²) < 4.78 is 5.10. The number of pyridine rings is 1. The Labute approximate surface area is 99.0 Å². The predicted octanol–water partition coefficient (Wildman–Crippen LogP) is 4.16. The van der Waals surface area contributed by atoms with Crippen molar-refractivity contribution in [1.29, 1.82) is 0 Å². The summed E-state index contributed by atoms with van der Waals surface area (Å²) in [5, 5.41) is 0. The summed E-state index contributed by atoms with van der Waals surface area (Å²) in [4.78, 5) is 4.42. The topological polar surface area (TPSA) is 22.1 Å². The normalized spacial score (nSPS) is 12.4. The fourth-order valence-corrected chi connectivity index (χ4v) is 1.83. The molecule has 0 amide bonds. The standard InChI is InChI=1S/C14H23NO/c1-4-5-6-7-8-12(2)14-10-9-13(16-3)11-15-14/h9-12H,4-8H2,1-3H3. The van der Waals surface area contributed by atoms with Gasteiger partial charge in [0.05, 0.1) is 13.3 Å². The zero-order valence-corrected chi connectivity index (χ0v) is 10.7. The van der Waals surface area contributed by atoms with E-state index in [1.807, 2.05) is 6.07 Å². The number of methoxy groups -OCH3 is 1. The molecule has 1 rings (SSSR count). The Balaban J connectivity index is 2.37. The minimum Gasteiger partial charge on any atom is -0.495 e. The van der Waals surface area contributed by atoms with Crippen LogP contribution in [0.5, 0.6) is 5.75 Å². The molecule has 0 fully saturated rings. The molecule has 0 bridgehead atoms. The van der Waals surface area contributed by atoms with E-state index in [0.717, 1.165) is 5.75 Å². The van der Waals surface area contributed by atoms with E-state index in [-0.39, 0.29) is 0 Å². The second kappa shape index (κ2) is 7.26. The summed E-state index contributed by atoms with van der Waals surface area (Å²) >= 11 is 0. The molecular formula is C14H23NO. The smallest absolute Gasteiger partial charge is 0.137 e.